The van der Waals surface area contributed by atoms with Gasteiger partial charge in [-0.05, 0) is 31.4 Å². The first kappa shape index (κ1) is 30.5. The zero-order chi connectivity index (χ0) is 27.1. The van der Waals surface area contributed by atoms with Crippen molar-refractivity contribution < 1.29 is 39.3 Å². The molecule has 0 aliphatic rings. The average molecular weight is 510 g/mol. The molecule has 3 amide bonds. The van der Waals surface area contributed by atoms with E-state index >= 15 is 0 Å². The lowest BCUT2D eigenvalue weighted by Crippen LogP contribution is -2.58. The average Bonchev–Trinajstić information content (AvgIpc) is 2.84. The SMILES string of the molecule is NCCCCC(N)C(=O)NC(CO)C(=O)NC(CCC(=O)O)C(=O)NC(Cc1ccccc1)C(=O)O. The topological polar surface area (TPSA) is 234 Å². The minimum absolute atomic E-state index is 0.0428. The summed E-state index contributed by atoms with van der Waals surface area (Å²) in [6.07, 6.45) is 0.661. The van der Waals surface area contributed by atoms with Crippen molar-refractivity contribution in [2.45, 2.75) is 62.7 Å². The summed E-state index contributed by atoms with van der Waals surface area (Å²) < 4.78 is 0. The van der Waals surface area contributed by atoms with Gasteiger partial charge in [-0.15, -0.1) is 0 Å². The molecule has 0 saturated carbocycles. The molecule has 0 aromatic heterocycles. The lowest BCUT2D eigenvalue weighted by atomic mass is 10.0. The molecule has 0 bridgehead atoms. The summed E-state index contributed by atoms with van der Waals surface area (Å²) in [5.41, 5.74) is 11.8. The van der Waals surface area contributed by atoms with Gasteiger partial charge in [0.2, 0.25) is 17.7 Å². The Hall–Kier alpha value is -3.55. The van der Waals surface area contributed by atoms with E-state index in [9.17, 15) is 34.2 Å². The molecule has 0 aliphatic heterocycles. The number of carboxylic acids is 2. The minimum atomic E-state index is -1.46. The van der Waals surface area contributed by atoms with Crippen LogP contribution in [0.25, 0.3) is 0 Å². The molecule has 0 fully saturated rings. The number of aliphatic hydroxyl groups excluding tert-OH is 1. The summed E-state index contributed by atoms with van der Waals surface area (Å²) in [6.45, 7) is -0.379. The molecule has 36 heavy (non-hydrogen) atoms. The fraction of sp³-hybridized carbons (Fsp3) is 0.522. The Morgan fingerprint density at radius 3 is 1.94 bits per heavy atom. The Kier molecular flexibility index (Phi) is 13.7. The highest BCUT2D eigenvalue weighted by molar-refractivity contribution is 5.94. The van der Waals surface area contributed by atoms with Crippen molar-refractivity contribution in [1.82, 2.24) is 16.0 Å². The van der Waals surface area contributed by atoms with Gasteiger partial charge in [-0.2, -0.15) is 0 Å². The van der Waals surface area contributed by atoms with Gasteiger partial charge in [-0.25, -0.2) is 4.79 Å². The van der Waals surface area contributed by atoms with Crippen LogP contribution in [0.2, 0.25) is 0 Å². The smallest absolute Gasteiger partial charge is 0.326 e. The van der Waals surface area contributed by atoms with Crippen LogP contribution in [0.4, 0.5) is 0 Å². The summed E-state index contributed by atoms with van der Waals surface area (Å²) >= 11 is 0. The number of unbranched alkanes of at least 4 members (excludes halogenated alkanes) is 1. The number of carbonyl (C=O) groups is 5. The van der Waals surface area contributed by atoms with Crippen molar-refractivity contribution in [3.05, 3.63) is 35.9 Å². The first-order chi connectivity index (χ1) is 17.1. The van der Waals surface area contributed by atoms with Gasteiger partial charge in [0.15, 0.2) is 0 Å². The Labute approximate surface area is 208 Å². The van der Waals surface area contributed by atoms with Crippen molar-refractivity contribution in [1.29, 1.82) is 0 Å². The van der Waals surface area contributed by atoms with Crippen LogP contribution in [0.3, 0.4) is 0 Å². The van der Waals surface area contributed by atoms with Gasteiger partial charge in [-0.3, -0.25) is 19.2 Å². The predicted octanol–water partition coefficient (Wildman–Crippen LogP) is -1.92. The van der Waals surface area contributed by atoms with Gasteiger partial charge in [0, 0.05) is 12.8 Å². The molecule has 0 aliphatic carbocycles. The van der Waals surface area contributed by atoms with E-state index < -0.39 is 66.9 Å². The Balaban J connectivity index is 2.88. The third-order valence-electron chi connectivity index (χ3n) is 5.30. The van der Waals surface area contributed by atoms with E-state index in [0.29, 0.717) is 31.4 Å². The number of nitrogens with two attached hydrogens (primary N) is 2. The molecule has 200 valence electrons. The molecule has 0 spiro atoms. The maximum absolute atomic E-state index is 12.8. The predicted molar refractivity (Wildman–Crippen MR) is 128 cm³/mol. The molecule has 1 aromatic rings. The highest BCUT2D eigenvalue weighted by Gasteiger charge is 2.30. The number of benzene rings is 1. The van der Waals surface area contributed by atoms with Gasteiger partial charge in [0.1, 0.15) is 18.1 Å². The molecule has 0 radical (unpaired) electrons. The summed E-state index contributed by atoms with van der Waals surface area (Å²) in [4.78, 5) is 60.5. The molecular formula is C23H35N5O8. The fourth-order valence-electron chi connectivity index (χ4n) is 3.24. The number of aliphatic hydroxyl groups is 1. The number of carboxylic acid groups (broad SMARTS) is 2. The molecule has 13 heteroatoms. The number of hydrogen-bond donors (Lipinski definition) is 8. The van der Waals surface area contributed by atoms with Crippen LogP contribution in [0.5, 0.6) is 0 Å². The van der Waals surface area contributed by atoms with E-state index in [1.54, 1.807) is 30.3 Å². The fourth-order valence-corrected chi connectivity index (χ4v) is 3.24. The van der Waals surface area contributed by atoms with E-state index in [4.69, 9.17) is 16.6 Å². The molecule has 1 rings (SSSR count). The quantitative estimate of drug-likeness (QED) is 0.108. The van der Waals surface area contributed by atoms with E-state index in [1.165, 1.54) is 0 Å². The minimum Gasteiger partial charge on any atom is -0.481 e. The van der Waals surface area contributed by atoms with Crippen LogP contribution in [-0.2, 0) is 30.4 Å². The van der Waals surface area contributed by atoms with Crippen molar-refractivity contribution >= 4 is 29.7 Å². The van der Waals surface area contributed by atoms with E-state index in [0.717, 1.165) is 0 Å². The highest BCUT2D eigenvalue weighted by Crippen LogP contribution is 2.06. The lowest BCUT2D eigenvalue weighted by molar-refractivity contribution is -0.143. The van der Waals surface area contributed by atoms with Crippen LogP contribution in [-0.4, -0.2) is 82.3 Å². The Bertz CT molecular complexity index is 883. The molecule has 4 unspecified atom stereocenters. The van der Waals surface area contributed by atoms with Crippen molar-refractivity contribution in [2.75, 3.05) is 13.2 Å². The zero-order valence-electron chi connectivity index (χ0n) is 19.9. The lowest BCUT2D eigenvalue weighted by Gasteiger charge is -2.24. The third-order valence-corrected chi connectivity index (χ3v) is 5.30. The van der Waals surface area contributed by atoms with E-state index in [1.807, 2.05) is 0 Å². The van der Waals surface area contributed by atoms with Crippen molar-refractivity contribution in [3.8, 4) is 0 Å². The zero-order valence-corrected chi connectivity index (χ0v) is 19.9. The van der Waals surface area contributed by atoms with Crippen LogP contribution >= 0.6 is 0 Å². The summed E-state index contributed by atoms with van der Waals surface area (Å²) in [5.74, 6) is -5.13. The van der Waals surface area contributed by atoms with Gasteiger partial charge in [-0.1, -0.05) is 36.8 Å². The summed E-state index contributed by atoms with van der Waals surface area (Å²) in [7, 11) is 0. The number of amides is 3. The second-order valence-corrected chi connectivity index (χ2v) is 8.22. The van der Waals surface area contributed by atoms with Crippen LogP contribution in [0, 0.1) is 0 Å². The number of aliphatic carboxylic acids is 2. The van der Waals surface area contributed by atoms with Crippen LogP contribution in [0.1, 0.15) is 37.7 Å². The molecule has 0 heterocycles. The van der Waals surface area contributed by atoms with Crippen LogP contribution < -0.4 is 27.4 Å². The second kappa shape index (κ2) is 16.2. The largest absolute Gasteiger partial charge is 0.481 e. The summed E-state index contributed by atoms with van der Waals surface area (Å²) in [6, 6.07) is 3.34. The van der Waals surface area contributed by atoms with Crippen molar-refractivity contribution in [3.63, 3.8) is 0 Å². The molecular weight excluding hydrogens is 474 g/mol. The van der Waals surface area contributed by atoms with Gasteiger partial charge in [0.05, 0.1) is 12.6 Å². The molecule has 0 saturated heterocycles. The Morgan fingerprint density at radius 1 is 0.806 bits per heavy atom. The normalized spacial score (nSPS) is 14.1. The van der Waals surface area contributed by atoms with Gasteiger partial charge in [0.25, 0.3) is 0 Å². The first-order valence-corrected chi connectivity index (χ1v) is 11.5. The van der Waals surface area contributed by atoms with E-state index in [2.05, 4.69) is 16.0 Å². The number of carbonyl (C=O) groups excluding carboxylic acids is 3. The molecule has 1 aromatic carbocycles. The van der Waals surface area contributed by atoms with Gasteiger partial charge >= 0.3 is 11.9 Å². The maximum atomic E-state index is 12.8. The van der Waals surface area contributed by atoms with Gasteiger partial charge < -0.3 is 42.7 Å². The number of nitrogens with one attached hydrogen (secondary N) is 3. The van der Waals surface area contributed by atoms with Crippen molar-refractivity contribution in [2.24, 2.45) is 11.5 Å². The van der Waals surface area contributed by atoms with Crippen LogP contribution in [0.15, 0.2) is 30.3 Å². The molecule has 4 atom stereocenters. The monoisotopic (exact) mass is 509 g/mol. The summed E-state index contributed by atoms with van der Waals surface area (Å²) in [5, 5.41) is 35.0. The third kappa shape index (κ3) is 11.3. The number of hydrogen-bond acceptors (Lipinski definition) is 8. The first-order valence-electron chi connectivity index (χ1n) is 11.5. The molecule has 13 nitrogen and oxygen atoms in total. The molecule has 10 N–H and O–H groups in total. The number of rotatable bonds is 17. The second-order valence-electron chi connectivity index (χ2n) is 8.22. The maximum Gasteiger partial charge on any atom is 0.326 e. The Morgan fingerprint density at radius 2 is 1.39 bits per heavy atom. The van der Waals surface area contributed by atoms with E-state index in [-0.39, 0.29) is 12.8 Å². The highest BCUT2D eigenvalue weighted by atomic mass is 16.4. The standard InChI is InChI=1S/C23H35N5O8/c24-11-5-4-8-15(25)20(32)28-18(13-29)22(34)26-16(9-10-19(30)31)21(33)27-17(23(35)36)12-14-6-2-1-3-7-14/h1-3,6-7,15-18,29H,4-5,8-13,24-25H2,(H,26,34)(H,27,33)(H,28,32)(H,30,31)(H,35,36).